The van der Waals surface area contributed by atoms with Crippen LogP contribution in [0.3, 0.4) is 0 Å². The number of carbonyl (C=O) groups is 1. The minimum absolute atomic E-state index is 0.389. The normalized spacial score (nSPS) is 9.88. The van der Waals surface area contributed by atoms with E-state index in [1.165, 1.54) is 0 Å². The highest BCUT2D eigenvalue weighted by atomic mass is 16.5. The number of hydrogen-bond donors (Lipinski definition) is 0. The Bertz CT molecular complexity index is 336. The Balaban J connectivity index is 2.83. The molecule has 0 atom stereocenters. The van der Waals surface area contributed by atoms with Crippen molar-refractivity contribution in [1.29, 1.82) is 0 Å². The van der Waals surface area contributed by atoms with Crippen molar-refractivity contribution in [3.63, 3.8) is 0 Å². The highest BCUT2D eigenvalue weighted by Gasteiger charge is 2.06. The zero-order chi connectivity index (χ0) is 11.8. The van der Waals surface area contributed by atoms with E-state index < -0.39 is 0 Å². The van der Waals surface area contributed by atoms with Crippen molar-refractivity contribution >= 4 is 6.47 Å². The van der Waals surface area contributed by atoms with Gasteiger partial charge in [0.05, 0.1) is 13.2 Å². The van der Waals surface area contributed by atoms with Gasteiger partial charge in [-0.3, -0.25) is 4.79 Å². The van der Waals surface area contributed by atoms with Gasteiger partial charge in [0, 0.05) is 6.61 Å². The van der Waals surface area contributed by atoms with Gasteiger partial charge in [-0.1, -0.05) is 6.07 Å². The Hall–Kier alpha value is -1.55. The molecule has 88 valence electrons. The number of benzene rings is 1. The van der Waals surface area contributed by atoms with E-state index in [2.05, 4.69) is 0 Å². The van der Waals surface area contributed by atoms with Gasteiger partial charge in [0.25, 0.3) is 6.47 Å². The second-order valence-corrected chi connectivity index (χ2v) is 3.07. The third-order valence-electron chi connectivity index (χ3n) is 1.96. The van der Waals surface area contributed by atoms with E-state index in [0.29, 0.717) is 37.8 Å². The van der Waals surface area contributed by atoms with Crippen LogP contribution in [0.5, 0.6) is 11.5 Å². The maximum Gasteiger partial charge on any atom is 0.298 e. The summed E-state index contributed by atoms with van der Waals surface area (Å²) in [4.78, 5) is 10.3. The lowest BCUT2D eigenvalue weighted by Gasteiger charge is -2.10. The summed E-state index contributed by atoms with van der Waals surface area (Å²) in [5.74, 6) is 0.990. The van der Waals surface area contributed by atoms with Crippen LogP contribution in [0, 0.1) is 0 Å². The van der Waals surface area contributed by atoms with Crippen LogP contribution >= 0.6 is 0 Å². The average Bonchev–Trinajstić information content (AvgIpc) is 2.30. The topological polar surface area (TPSA) is 44.8 Å². The zero-order valence-corrected chi connectivity index (χ0v) is 9.56. The summed E-state index contributed by atoms with van der Waals surface area (Å²) in [5.41, 5.74) is 0.989. The molecular formula is C12H16O4. The Morgan fingerprint density at radius 2 is 2.00 bits per heavy atom. The highest BCUT2D eigenvalue weighted by molar-refractivity contribution is 5.51. The largest absolute Gasteiger partial charge is 0.490 e. The van der Waals surface area contributed by atoms with Crippen LogP contribution < -0.4 is 9.47 Å². The number of carbonyl (C=O) groups excluding carboxylic acids is 1. The maximum atomic E-state index is 10.3. The molecule has 1 aromatic carbocycles. The molecule has 16 heavy (non-hydrogen) atoms. The molecular weight excluding hydrogens is 208 g/mol. The smallest absolute Gasteiger partial charge is 0.298 e. The Morgan fingerprint density at radius 3 is 2.62 bits per heavy atom. The summed E-state index contributed by atoms with van der Waals surface area (Å²) in [6, 6.07) is 5.36. The lowest BCUT2D eigenvalue weighted by Crippen LogP contribution is -1.99. The first-order chi connectivity index (χ1) is 7.81. The molecule has 0 radical (unpaired) electrons. The van der Waals surface area contributed by atoms with Crippen molar-refractivity contribution in [3.05, 3.63) is 23.8 Å². The molecule has 0 saturated carbocycles. The van der Waals surface area contributed by atoms with Gasteiger partial charge in [0.2, 0.25) is 0 Å². The predicted octanol–water partition coefficient (Wildman–Crippen LogP) is 2.16. The van der Waals surface area contributed by atoms with Gasteiger partial charge in [0.1, 0.15) is 0 Å². The molecule has 1 rings (SSSR count). The average molecular weight is 224 g/mol. The standard InChI is InChI=1S/C12H16O4/c1-3-14-8-10-5-6-11(16-9-13)12(7-10)15-4-2/h5-7,9H,3-4,8H2,1-2H3. The molecule has 0 amide bonds. The molecule has 0 heterocycles. The van der Waals surface area contributed by atoms with Crippen molar-refractivity contribution in [3.8, 4) is 11.5 Å². The predicted molar refractivity (Wildman–Crippen MR) is 59.6 cm³/mol. The second-order valence-electron chi connectivity index (χ2n) is 3.07. The van der Waals surface area contributed by atoms with E-state index in [0.717, 1.165) is 5.56 Å². The monoisotopic (exact) mass is 224 g/mol. The molecule has 4 nitrogen and oxygen atoms in total. The number of rotatable bonds is 7. The van der Waals surface area contributed by atoms with Crippen LogP contribution in [-0.4, -0.2) is 19.7 Å². The summed E-state index contributed by atoms with van der Waals surface area (Å²) in [7, 11) is 0. The third kappa shape index (κ3) is 3.55. The fraction of sp³-hybridized carbons (Fsp3) is 0.417. The lowest BCUT2D eigenvalue weighted by atomic mass is 10.2. The Labute approximate surface area is 95.1 Å². The van der Waals surface area contributed by atoms with Crippen LogP contribution in [0.2, 0.25) is 0 Å². The fourth-order valence-electron chi connectivity index (χ4n) is 1.28. The summed E-state index contributed by atoms with van der Waals surface area (Å²) < 4.78 is 15.5. The summed E-state index contributed by atoms with van der Waals surface area (Å²) in [5, 5.41) is 0. The molecule has 0 saturated heterocycles. The van der Waals surface area contributed by atoms with E-state index >= 15 is 0 Å². The summed E-state index contributed by atoms with van der Waals surface area (Å²) in [6.45, 7) is 5.91. The van der Waals surface area contributed by atoms with Crippen LogP contribution in [0.15, 0.2) is 18.2 Å². The van der Waals surface area contributed by atoms with Gasteiger partial charge < -0.3 is 14.2 Å². The molecule has 0 fully saturated rings. The number of hydrogen-bond acceptors (Lipinski definition) is 4. The van der Waals surface area contributed by atoms with Crippen molar-refractivity contribution in [1.82, 2.24) is 0 Å². The van der Waals surface area contributed by atoms with Gasteiger partial charge in [0.15, 0.2) is 11.5 Å². The van der Waals surface area contributed by atoms with E-state index in [4.69, 9.17) is 14.2 Å². The highest BCUT2D eigenvalue weighted by Crippen LogP contribution is 2.28. The Kier molecular flexibility index (Phi) is 5.36. The van der Waals surface area contributed by atoms with Gasteiger partial charge in [-0.25, -0.2) is 0 Å². The summed E-state index contributed by atoms with van der Waals surface area (Å²) in [6.07, 6.45) is 0. The fourth-order valence-corrected chi connectivity index (χ4v) is 1.28. The van der Waals surface area contributed by atoms with E-state index in [1.807, 2.05) is 26.0 Å². The van der Waals surface area contributed by atoms with Gasteiger partial charge >= 0.3 is 0 Å². The Morgan fingerprint density at radius 1 is 1.19 bits per heavy atom. The molecule has 0 spiro atoms. The van der Waals surface area contributed by atoms with E-state index in [-0.39, 0.29) is 0 Å². The van der Waals surface area contributed by atoms with Crippen LogP contribution in [0.4, 0.5) is 0 Å². The van der Waals surface area contributed by atoms with Crippen LogP contribution in [-0.2, 0) is 16.1 Å². The SMILES string of the molecule is CCOCc1ccc(OC=O)c(OCC)c1. The lowest BCUT2D eigenvalue weighted by molar-refractivity contribution is -0.120. The molecule has 0 aliphatic carbocycles. The molecule has 0 unspecified atom stereocenters. The van der Waals surface area contributed by atoms with Gasteiger partial charge in [-0.2, -0.15) is 0 Å². The first kappa shape index (κ1) is 12.5. The molecule has 1 aromatic rings. The minimum Gasteiger partial charge on any atom is -0.490 e. The van der Waals surface area contributed by atoms with E-state index in [9.17, 15) is 4.79 Å². The van der Waals surface area contributed by atoms with Crippen LogP contribution in [0.25, 0.3) is 0 Å². The molecule has 0 bridgehead atoms. The quantitative estimate of drug-likeness (QED) is 0.666. The molecule has 4 heteroatoms. The molecule has 0 aromatic heterocycles. The molecule has 0 aliphatic rings. The maximum absolute atomic E-state index is 10.3. The van der Waals surface area contributed by atoms with Crippen molar-refractivity contribution in [2.45, 2.75) is 20.5 Å². The van der Waals surface area contributed by atoms with Crippen molar-refractivity contribution in [2.24, 2.45) is 0 Å². The van der Waals surface area contributed by atoms with Crippen molar-refractivity contribution < 1.29 is 19.0 Å². The van der Waals surface area contributed by atoms with Gasteiger partial charge in [-0.15, -0.1) is 0 Å². The first-order valence-electron chi connectivity index (χ1n) is 5.25. The van der Waals surface area contributed by atoms with E-state index in [1.54, 1.807) is 6.07 Å². The minimum atomic E-state index is 0.389. The van der Waals surface area contributed by atoms with Crippen molar-refractivity contribution in [2.75, 3.05) is 13.2 Å². The van der Waals surface area contributed by atoms with Gasteiger partial charge in [-0.05, 0) is 31.5 Å². The number of ether oxygens (including phenoxy) is 3. The van der Waals surface area contributed by atoms with Crippen LogP contribution in [0.1, 0.15) is 19.4 Å². The third-order valence-corrected chi connectivity index (χ3v) is 1.96. The first-order valence-corrected chi connectivity index (χ1v) is 5.25. The second kappa shape index (κ2) is 6.85. The zero-order valence-electron chi connectivity index (χ0n) is 9.56. The molecule has 0 aliphatic heterocycles. The molecule has 0 N–H and O–H groups in total. The summed E-state index contributed by atoms with van der Waals surface area (Å²) >= 11 is 0.